The van der Waals surface area contributed by atoms with Crippen LogP contribution in [0.5, 0.6) is 0 Å². The van der Waals surface area contributed by atoms with Crippen LogP contribution in [0.4, 0.5) is 5.82 Å². The lowest BCUT2D eigenvalue weighted by molar-refractivity contribution is 0.635. The third-order valence-corrected chi connectivity index (χ3v) is 1.41. The SMILES string of the molecule is CC(C)Cc1nccnc1N. The van der Waals surface area contributed by atoms with E-state index in [1.54, 1.807) is 12.4 Å². The average molecular weight is 151 g/mol. The van der Waals surface area contributed by atoms with Crippen LogP contribution >= 0.6 is 0 Å². The number of hydrogen-bond donors (Lipinski definition) is 1. The highest BCUT2D eigenvalue weighted by molar-refractivity contribution is 5.32. The molecule has 0 unspecified atom stereocenters. The molecule has 1 heterocycles. The van der Waals surface area contributed by atoms with Crippen LogP contribution in [-0.4, -0.2) is 9.97 Å². The Kier molecular flexibility index (Phi) is 2.41. The van der Waals surface area contributed by atoms with E-state index in [9.17, 15) is 0 Å². The highest BCUT2D eigenvalue weighted by Crippen LogP contribution is 2.08. The first-order chi connectivity index (χ1) is 5.20. The predicted octanol–water partition coefficient (Wildman–Crippen LogP) is 1.26. The first kappa shape index (κ1) is 7.98. The molecule has 0 aliphatic carbocycles. The van der Waals surface area contributed by atoms with Gasteiger partial charge in [0.05, 0.1) is 5.69 Å². The molecule has 0 aromatic carbocycles. The van der Waals surface area contributed by atoms with Crippen LogP contribution in [0.25, 0.3) is 0 Å². The summed E-state index contributed by atoms with van der Waals surface area (Å²) < 4.78 is 0. The molecule has 0 fully saturated rings. The smallest absolute Gasteiger partial charge is 0.145 e. The standard InChI is InChI=1S/C8H13N3/c1-6(2)5-7-8(9)11-4-3-10-7/h3-4,6H,5H2,1-2H3,(H2,9,11). The lowest BCUT2D eigenvalue weighted by atomic mass is 10.1. The van der Waals surface area contributed by atoms with Crippen LogP contribution in [0.3, 0.4) is 0 Å². The van der Waals surface area contributed by atoms with Gasteiger partial charge in [0.1, 0.15) is 5.82 Å². The molecule has 1 aromatic rings. The summed E-state index contributed by atoms with van der Waals surface area (Å²) in [7, 11) is 0. The maximum Gasteiger partial charge on any atom is 0.145 e. The van der Waals surface area contributed by atoms with Crippen molar-refractivity contribution in [3.63, 3.8) is 0 Å². The minimum atomic E-state index is 0.557. The molecule has 0 aliphatic rings. The van der Waals surface area contributed by atoms with Gasteiger partial charge in [-0.25, -0.2) is 4.98 Å². The zero-order chi connectivity index (χ0) is 8.27. The Bertz CT molecular complexity index is 233. The maximum atomic E-state index is 5.60. The summed E-state index contributed by atoms with van der Waals surface area (Å²) in [5, 5.41) is 0. The molecular formula is C8H13N3. The van der Waals surface area contributed by atoms with Crippen molar-refractivity contribution < 1.29 is 0 Å². The monoisotopic (exact) mass is 151 g/mol. The molecule has 0 atom stereocenters. The molecule has 60 valence electrons. The summed E-state index contributed by atoms with van der Waals surface area (Å²) in [5.41, 5.74) is 6.50. The Hall–Kier alpha value is -1.12. The highest BCUT2D eigenvalue weighted by Gasteiger charge is 2.02. The molecule has 11 heavy (non-hydrogen) atoms. The molecule has 0 amide bonds. The summed E-state index contributed by atoms with van der Waals surface area (Å²) in [6, 6.07) is 0. The Morgan fingerprint density at radius 1 is 1.36 bits per heavy atom. The third kappa shape index (κ3) is 2.18. The van der Waals surface area contributed by atoms with E-state index in [1.165, 1.54) is 0 Å². The van der Waals surface area contributed by atoms with Crippen molar-refractivity contribution in [1.82, 2.24) is 9.97 Å². The van der Waals surface area contributed by atoms with Crippen molar-refractivity contribution in [3.8, 4) is 0 Å². The van der Waals surface area contributed by atoms with Crippen LogP contribution in [0.2, 0.25) is 0 Å². The van der Waals surface area contributed by atoms with Crippen LogP contribution in [0, 0.1) is 5.92 Å². The van der Waals surface area contributed by atoms with Gasteiger partial charge >= 0.3 is 0 Å². The van der Waals surface area contributed by atoms with E-state index in [4.69, 9.17) is 5.73 Å². The van der Waals surface area contributed by atoms with Crippen molar-refractivity contribution in [2.45, 2.75) is 20.3 Å². The molecule has 0 bridgehead atoms. The summed E-state index contributed by atoms with van der Waals surface area (Å²) in [4.78, 5) is 8.08. The first-order valence-electron chi connectivity index (χ1n) is 3.75. The Balaban J connectivity index is 2.78. The van der Waals surface area contributed by atoms with Crippen molar-refractivity contribution in [2.24, 2.45) is 5.92 Å². The van der Waals surface area contributed by atoms with Crippen LogP contribution in [0.15, 0.2) is 12.4 Å². The topological polar surface area (TPSA) is 51.8 Å². The van der Waals surface area contributed by atoms with Gasteiger partial charge in [0.2, 0.25) is 0 Å². The lowest BCUT2D eigenvalue weighted by Gasteiger charge is -2.04. The number of rotatable bonds is 2. The van der Waals surface area contributed by atoms with E-state index in [0.717, 1.165) is 12.1 Å². The molecule has 0 aliphatic heterocycles. The van der Waals surface area contributed by atoms with Crippen molar-refractivity contribution in [1.29, 1.82) is 0 Å². The molecule has 2 N–H and O–H groups in total. The number of aromatic nitrogens is 2. The van der Waals surface area contributed by atoms with E-state index in [1.807, 2.05) is 0 Å². The van der Waals surface area contributed by atoms with Gasteiger partial charge in [-0.3, -0.25) is 4.98 Å². The fraction of sp³-hybridized carbons (Fsp3) is 0.500. The van der Waals surface area contributed by atoms with Crippen LogP contribution in [0.1, 0.15) is 19.5 Å². The Morgan fingerprint density at radius 2 is 2.00 bits per heavy atom. The zero-order valence-corrected chi connectivity index (χ0v) is 6.91. The van der Waals surface area contributed by atoms with Gasteiger partial charge in [-0.1, -0.05) is 13.8 Å². The van der Waals surface area contributed by atoms with Crippen LogP contribution < -0.4 is 5.73 Å². The van der Waals surface area contributed by atoms with E-state index in [2.05, 4.69) is 23.8 Å². The van der Waals surface area contributed by atoms with Crippen molar-refractivity contribution in [2.75, 3.05) is 5.73 Å². The number of nitrogens with two attached hydrogens (primary N) is 1. The van der Waals surface area contributed by atoms with Gasteiger partial charge in [0.25, 0.3) is 0 Å². The molecule has 1 aromatic heterocycles. The molecule has 0 saturated carbocycles. The van der Waals surface area contributed by atoms with Gasteiger partial charge in [-0.2, -0.15) is 0 Å². The Labute approximate surface area is 66.7 Å². The molecule has 0 radical (unpaired) electrons. The second-order valence-corrected chi connectivity index (χ2v) is 2.99. The second-order valence-electron chi connectivity index (χ2n) is 2.99. The van der Waals surface area contributed by atoms with Gasteiger partial charge in [0, 0.05) is 12.4 Å². The summed E-state index contributed by atoms with van der Waals surface area (Å²) in [6.07, 6.45) is 4.19. The fourth-order valence-electron chi connectivity index (χ4n) is 0.922. The van der Waals surface area contributed by atoms with Gasteiger partial charge < -0.3 is 5.73 Å². The number of nitrogens with zero attached hydrogens (tertiary/aromatic N) is 2. The van der Waals surface area contributed by atoms with Crippen LogP contribution in [-0.2, 0) is 6.42 Å². The van der Waals surface area contributed by atoms with E-state index < -0.39 is 0 Å². The normalized spacial score (nSPS) is 10.5. The summed E-state index contributed by atoms with van der Waals surface area (Å²) in [5.74, 6) is 1.13. The molecule has 1 rings (SSSR count). The molecular weight excluding hydrogens is 138 g/mol. The van der Waals surface area contributed by atoms with Crippen molar-refractivity contribution in [3.05, 3.63) is 18.1 Å². The largest absolute Gasteiger partial charge is 0.382 e. The second kappa shape index (κ2) is 3.32. The quantitative estimate of drug-likeness (QED) is 0.692. The van der Waals surface area contributed by atoms with Crippen molar-refractivity contribution >= 4 is 5.82 Å². The predicted molar refractivity (Wildman–Crippen MR) is 45.0 cm³/mol. The van der Waals surface area contributed by atoms with Gasteiger partial charge in [-0.15, -0.1) is 0 Å². The Morgan fingerprint density at radius 3 is 2.55 bits per heavy atom. The number of nitrogen functional groups attached to an aromatic ring is 1. The number of anilines is 1. The van der Waals surface area contributed by atoms with E-state index >= 15 is 0 Å². The minimum absolute atomic E-state index is 0.557. The first-order valence-corrected chi connectivity index (χ1v) is 3.75. The summed E-state index contributed by atoms with van der Waals surface area (Å²) in [6.45, 7) is 4.27. The van der Waals surface area contributed by atoms with E-state index in [-0.39, 0.29) is 0 Å². The third-order valence-electron chi connectivity index (χ3n) is 1.41. The summed E-state index contributed by atoms with van der Waals surface area (Å²) >= 11 is 0. The van der Waals surface area contributed by atoms with Gasteiger partial charge in [0.15, 0.2) is 0 Å². The lowest BCUT2D eigenvalue weighted by Crippen LogP contribution is -2.03. The maximum absolute atomic E-state index is 5.60. The number of hydrogen-bond acceptors (Lipinski definition) is 3. The van der Waals surface area contributed by atoms with Gasteiger partial charge in [-0.05, 0) is 12.3 Å². The molecule has 3 heteroatoms. The van der Waals surface area contributed by atoms with E-state index in [0.29, 0.717) is 11.7 Å². The fourth-order valence-corrected chi connectivity index (χ4v) is 0.922. The molecule has 0 spiro atoms. The minimum Gasteiger partial charge on any atom is -0.382 e. The molecule has 0 saturated heterocycles. The highest BCUT2D eigenvalue weighted by atomic mass is 14.9. The zero-order valence-electron chi connectivity index (χ0n) is 6.91. The molecule has 3 nitrogen and oxygen atoms in total. The average Bonchev–Trinajstić information content (AvgIpc) is 1.93.